The molecule has 0 unspecified atom stereocenters. The van der Waals surface area contributed by atoms with Crippen LogP contribution in [0.25, 0.3) is 11.3 Å². The average Bonchev–Trinajstić information content (AvgIpc) is 2.74. The van der Waals surface area contributed by atoms with Crippen LogP contribution in [-0.4, -0.2) is 15.6 Å². The van der Waals surface area contributed by atoms with Crippen LogP contribution in [0.1, 0.15) is 30.4 Å². The fourth-order valence-corrected chi connectivity index (χ4v) is 2.30. The van der Waals surface area contributed by atoms with Crippen LogP contribution in [0.2, 0.25) is 0 Å². The Morgan fingerprint density at radius 1 is 1.17 bits per heavy atom. The van der Waals surface area contributed by atoms with Gasteiger partial charge in [-0.1, -0.05) is 28.1 Å². The number of carbonyl (C=O) groups is 1. The minimum atomic E-state index is -0.896. The molecule has 0 saturated heterocycles. The third kappa shape index (κ3) is 2.34. The van der Waals surface area contributed by atoms with Crippen molar-refractivity contribution in [1.82, 2.24) is 4.57 Å². The molecule has 1 heterocycles. The third-order valence-electron chi connectivity index (χ3n) is 2.79. The number of hydrogen-bond acceptors (Lipinski definition) is 1. The summed E-state index contributed by atoms with van der Waals surface area (Å²) in [6.07, 6.45) is 0. The van der Waals surface area contributed by atoms with E-state index in [4.69, 9.17) is 0 Å². The Labute approximate surface area is 114 Å². The summed E-state index contributed by atoms with van der Waals surface area (Å²) in [5, 5.41) is 9.19. The summed E-state index contributed by atoms with van der Waals surface area (Å²) in [5.74, 6) is -0.896. The number of nitrogens with zero attached hydrogens (tertiary/aromatic N) is 1. The van der Waals surface area contributed by atoms with Gasteiger partial charge >= 0.3 is 5.97 Å². The molecule has 0 aliphatic heterocycles. The molecule has 2 aromatic rings. The maximum atomic E-state index is 11.2. The van der Waals surface area contributed by atoms with E-state index in [0.29, 0.717) is 5.69 Å². The summed E-state index contributed by atoms with van der Waals surface area (Å²) in [4.78, 5) is 11.2. The van der Waals surface area contributed by atoms with Gasteiger partial charge in [-0.05, 0) is 43.7 Å². The summed E-state index contributed by atoms with van der Waals surface area (Å²) >= 11 is 3.39. The highest BCUT2D eigenvalue weighted by molar-refractivity contribution is 9.10. The first-order chi connectivity index (χ1) is 8.50. The summed E-state index contributed by atoms with van der Waals surface area (Å²) in [7, 11) is 0. The number of aromatic nitrogens is 1. The molecular formula is C14H14BrNO2. The average molecular weight is 308 g/mol. The van der Waals surface area contributed by atoms with E-state index < -0.39 is 5.97 Å². The van der Waals surface area contributed by atoms with E-state index in [1.165, 1.54) is 0 Å². The molecule has 1 aromatic heterocycles. The Morgan fingerprint density at radius 2 is 1.78 bits per heavy atom. The highest BCUT2D eigenvalue weighted by Crippen LogP contribution is 2.27. The van der Waals surface area contributed by atoms with Crippen molar-refractivity contribution in [3.05, 3.63) is 46.6 Å². The zero-order valence-corrected chi connectivity index (χ0v) is 11.8. The van der Waals surface area contributed by atoms with Gasteiger partial charge in [0.05, 0.1) is 0 Å². The van der Waals surface area contributed by atoms with Crippen molar-refractivity contribution < 1.29 is 9.90 Å². The number of benzene rings is 1. The van der Waals surface area contributed by atoms with Gasteiger partial charge in [0.2, 0.25) is 0 Å². The van der Waals surface area contributed by atoms with Crippen LogP contribution in [0.5, 0.6) is 0 Å². The zero-order valence-electron chi connectivity index (χ0n) is 10.2. The fraction of sp³-hybridized carbons (Fsp3) is 0.214. The van der Waals surface area contributed by atoms with Gasteiger partial charge in [0.1, 0.15) is 5.69 Å². The van der Waals surface area contributed by atoms with Crippen LogP contribution >= 0.6 is 15.9 Å². The van der Waals surface area contributed by atoms with Crippen molar-refractivity contribution in [2.24, 2.45) is 0 Å². The Kier molecular flexibility index (Phi) is 3.57. The molecule has 0 bridgehead atoms. The monoisotopic (exact) mass is 307 g/mol. The van der Waals surface area contributed by atoms with Crippen LogP contribution < -0.4 is 0 Å². The molecule has 0 aliphatic rings. The van der Waals surface area contributed by atoms with Crippen LogP contribution in [0.4, 0.5) is 0 Å². The van der Waals surface area contributed by atoms with Gasteiger partial charge in [-0.25, -0.2) is 4.79 Å². The lowest BCUT2D eigenvalue weighted by atomic mass is 10.1. The Morgan fingerprint density at radius 3 is 2.28 bits per heavy atom. The maximum Gasteiger partial charge on any atom is 0.352 e. The quantitative estimate of drug-likeness (QED) is 0.923. The lowest BCUT2D eigenvalue weighted by Crippen LogP contribution is -2.11. The van der Waals surface area contributed by atoms with Crippen LogP contribution in [0.15, 0.2) is 40.9 Å². The molecule has 0 spiro atoms. The molecule has 1 aromatic carbocycles. The number of aromatic carboxylic acids is 1. The summed E-state index contributed by atoms with van der Waals surface area (Å²) in [5.41, 5.74) is 2.26. The van der Waals surface area contributed by atoms with Gasteiger partial charge in [0.25, 0.3) is 0 Å². The number of hydrogen-bond donors (Lipinski definition) is 1. The van der Waals surface area contributed by atoms with Crippen molar-refractivity contribution in [2.45, 2.75) is 19.9 Å². The van der Waals surface area contributed by atoms with Crippen molar-refractivity contribution in [3.63, 3.8) is 0 Å². The first-order valence-electron chi connectivity index (χ1n) is 5.71. The molecule has 3 nitrogen and oxygen atoms in total. The van der Waals surface area contributed by atoms with E-state index in [2.05, 4.69) is 15.9 Å². The van der Waals surface area contributed by atoms with E-state index >= 15 is 0 Å². The summed E-state index contributed by atoms with van der Waals surface area (Å²) in [6, 6.07) is 11.5. The number of carboxylic acids is 1. The molecule has 0 atom stereocenters. The second-order valence-electron chi connectivity index (χ2n) is 4.38. The van der Waals surface area contributed by atoms with E-state index in [9.17, 15) is 9.90 Å². The SMILES string of the molecule is CC(C)n1c(C(=O)O)ccc1-c1ccc(Br)cc1. The second kappa shape index (κ2) is 4.98. The highest BCUT2D eigenvalue weighted by Gasteiger charge is 2.16. The van der Waals surface area contributed by atoms with Crippen molar-refractivity contribution in [2.75, 3.05) is 0 Å². The van der Waals surface area contributed by atoms with Crippen molar-refractivity contribution >= 4 is 21.9 Å². The predicted octanol–water partition coefficient (Wildman–Crippen LogP) is 4.20. The van der Waals surface area contributed by atoms with Gasteiger partial charge in [-0.15, -0.1) is 0 Å². The lowest BCUT2D eigenvalue weighted by molar-refractivity contribution is 0.0683. The topological polar surface area (TPSA) is 42.2 Å². The molecule has 1 N–H and O–H groups in total. The number of carboxylic acid groups (broad SMARTS) is 1. The molecule has 18 heavy (non-hydrogen) atoms. The van der Waals surface area contributed by atoms with Crippen LogP contribution in [-0.2, 0) is 0 Å². The van der Waals surface area contributed by atoms with Gasteiger partial charge in [0, 0.05) is 16.2 Å². The second-order valence-corrected chi connectivity index (χ2v) is 5.30. The highest BCUT2D eigenvalue weighted by atomic mass is 79.9. The largest absolute Gasteiger partial charge is 0.477 e. The van der Waals surface area contributed by atoms with E-state index in [0.717, 1.165) is 15.7 Å². The van der Waals surface area contributed by atoms with Gasteiger partial charge in [0.15, 0.2) is 0 Å². The molecule has 4 heteroatoms. The first-order valence-corrected chi connectivity index (χ1v) is 6.50. The summed E-state index contributed by atoms with van der Waals surface area (Å²) < 4.78 is 2.85. The minimum absolute atomic E-state index is 0.102. The number of halogens is 1. The number of rotatable bonds is 3. The summed E-state index contributed by atoms with van der Waals surface area (Å²) in [6.45, 7) is 3.96. The standard InChI is InChI=1S/C14H14BrNO2/c1-9(2)16-12(7-8-13(16)14(17)18)10-3-5-11(15)6-4-10/h3-9H,1-2H3,(H,17,18). The maximum absolute atomic E-state index is 11.2. The molecule has 2 rings (SSSR count). The van der Waals surface area contributed by atoms with Gasteiger partial charge < -0.3 is 9.67 Å². The molecule has 0 saturated carbocycles. The molecular weight excluding hydrogens is 294 g/mol. The lowest BCUT2D eigenvalue weighted by Gasteiger charge is -2.15. The fourth-order valence-electron chi connectivity index (χ4n) is 2.03. The Hall–Kier alpha value is -1.55. The Balaban J connectivity index is 2.57. The first kappa shape index (κ1) is 12.9. The molecule has 0 amide bonds. The van der Waals surface area contributed by atoms with E-state index in [-0.39, 0.29) is 6.04 Å². The zero-order chi connectivity index (χ0) is 13.3. The Bertz CT molecular complexity index is 570. The molecule has 94 valence electrons. The molecule has 0 radical (unpaired) electrons. The van der Waals surface area contributed by atoms with Crippen molar-refractivity contribution in [1.29, 1.82) is 0 Å². The predicted molar refractivity (Wildman–Crippen MR) is 74.9 cm³/mol. The van der Waals surface area contributed by atoms with Gasteiger partial charge in [-0.2, -0.15) is 0 Å². The van der Waals surface area contributed by atoms with E-state index in [1.807, 2.05) is 48.7 Å². The normalized spacial score (nSPS) is 10.9. The van der Waals surface area contributed by atoms with Crippen molar-refractivity contribution in [3.8, 4) is 11.3 Å². The smallest absolute Gasteiger partial charge is 0.352 e. The van der Waals surface area contributed by atoms with Crippen LogP contribution in [0.3, 0.4) is 0 Å². The minimum Gasteiger partial charge on any atom is -0.477 e. The van der Waals surface area contributed by atoms with E-state index in [1.54, 1.807) is 6.07 Å². The third-order valence-corrected chi connectivity index (χ3v) is 3.32. The van der Waals surface area contributed by atoms with Gasteiger partial charge in [-0.3, -0.25) is 0 Å². The molecule has 0 aliphatic carbocycles. The molecule has 0 fully saturated rings. The van der Waals surface area contributed by atoms with Crippen LogP contribution in [0, 0.1) is 0 Å².